The molecule has 0 N–H and O–H groups in total. The van der Waals surface area contributed by atoms with E-state index in [-0.39, 0.29) is 0 Å². The third-order valence-corrected chi connectivity index (χ3v) is 8.01. The third kappa shape index (κ3) is 2.54. The number of rotatable bonds is 1. The van der Waals surface area contributed by atoms with Crippen molar-refractivity contribution in [3.63, 3.8) is 0 Å². The van der Waals surface area contributed by atoms with Gasteiger partial charge in [0.2, 0.25) is 0 Å². The number of aromatic nitrogens is 1. The lowest BCUT2D eigenvalue weighted by Gasteiger charge is -2.22. The molecule has 0 aliphatic carbocycles. The summed E-state index contributed by atoms with van der Waals surface area (Å²) in [6.45, 7) is 0. The highest BCUT2D eigenvalue weighted by molar-refractivity contribution is 9.10. The molecule has 0 aliphatic rings. The van der Waals surface area contributed by atoms with E-state index in [2.05, 4.69) is 69.0 Å². The van der Waals surface area contributed by atoms with Crippen molar-refractivity contribution in [1.29, 1.82) is 0 Å². The Kier molecular flexibility index (Phi) is 4.25. The van der Waals surface area contributed by atoms with Crippen molar-refractivity contribution in [1.82, 2.24) is 4.57 Å². The summed E-state index contributed by atoms with van der Waals surface area (Å²) in [7, 11) is 25.7. The van der Waals surface area contributed by atoms with E-state index in [9.17, 15) is 0 Å². The van der Waals surface area contributed by atoms with Crippen molar-refractivity contribution in [2.24, 2.45) is 0 Å². The van der Waals surface area contributed by atoms with Gasteiger partial charge in [-0.15, -0.1) is 11.3 Å². The molecule has 0 atom stereocenters. The summed E-state index contributed by atoms with van der Waals surface area (Å²) >= 11 is 5.19. The minimum atomic E-state index is 0.385. The fourth-order valence-corrected chi connectivity index (χ4v) is 6.15. The van der Waals surface area contributed by atoms with Crippen molar-refractivity contribution in [3.8, 4) is 5.69 Å². The summed E-state index contributed by atoms with van der Waals surface area (Å²) < 4.78 is 5.05. The molecular weight excluding hydrogens is 457 g/mol. The van der Waals surface area contributed by atoms with E-state index >= 15 is 0 Å². The highest BCUT2D eigenvalue weighted by atomic mass is 79.9. The third-order valence-electron chi connectivity index (χ3n) is 5.97. The molecule has 136 valence electrons. The highest BCUT2D eigenvalue weighted by Gasteiger charge is 2.21. The molecule has 6 aromatic rings. The summed E-state index contributed by atoms with van der Waals surface area (Å²) in [6, 6.07) is 21.1. The van der Waals surface area contributed by atoms with Crippen LogP contribution in [0.4, 0.5) is 0 Å². The predicted octanol–water partition coefficient (Wildman–Crippen LogP) is 3.09. The monoisotopic (exact) mass is 467 g/mol. The molecule has 0 saturated carbocycles. The topological polar surface area (TPSA) is 4.93 Å². The average molecular weight is 468 g/mol. The minimum absolute atomic E-state index is 0.385. The smallest absolute Gasteiger partial charge is 0.115 e. The summed E-state index contributed by atoms with van der Waals surface area (Å²) in [6.07, 6.45) is 0. The lowest BCUT2D eigenvalue weighted by Crippen LogP contribution is -2.45. The van der Waals surface area contributed by atoms with Gasteiger partial charge in [-0.05, 0) is 12.1 Å². The molecule has 0 bridgehead atoms. The van der Waals surface area contributed by atoms with Crippen molar-refractivity contribution in [2.45, 2.75) is 0 Å². The minimum Gasteiger partial charge on any atom is -0.309 e. The van der Waals surface area contributed by atoms with E-state index in [0.29, 0.717) is 32.0 Å². The first-order valence-corrected chi connectivity index (χ1v) is 11.3. The number of benzene rings is 4. The molecule has 7 heteroatoms. The first-order valence-electron chi connectivity index (χ1n) is 9.74. The molecule has 2 aromatic heterocycles. The number of nitrogens with zero attached hydrogens (tertiary/aromatic N) is 1. The Morgan fingerprint density at radius 1 is 0.645 bits per heavy atom. The molecule has 6 rings (SSSR count). The number of para-hydroxylation sites is 1. The van der Waals surface area contributed by atoms with Crippen molar-refractivity contribution < 1.29 is 0 Å². The molecular formula is C24H10B4BrNS. The summed E-state index contributed by atoms with van der Waals surface area (Å²) in [5, 5.41) is 4.69. The number of fused-ring (bicyclic) bond motifs is 7. The predicted molar refractivity (Wildman–Crippen MR) is 143 cm³/mol. The lowest BCUT2D eigenvalue weighted by atomic mass is 9.69. The molecule has 0 amide bonds. The van der Waals surface area contributed by atoms with Crippen molar-refractivity contribution >= 4 is 122 Å². The molecule has 4 aromatic carbocycles. The van der Waals surface area contributed by atoms with Gasteiger partial charge in [0.05, 0.1) is 15.7 Å². The Morgan fingerprint density at radius 3 is 2.00 bits per heavy atom. The van der Waals surface area contributed by atoms with Crippen LogP contribution in [0.25, 0.3) is 47.7 Å². The highest BCUT2D eigenvalue weighted by Crippen LogP contribution is 2.42. The zero-order chi connectivity index (χ0) is 21.4. The van der Waals surface area contributed by atoms with Crippen LogP contribution in [0.1, 0.15) is 0 Å². The average Bonchev–Trinajstić information content (AvgIpc) is 3.33. The molecule has 0 fully saturated rings. The van der Waals surface area contributed by atoms with E-state index in [4.69, 9.17) is 31.4 Å². The van der Waals surface area contributed by atoms with Crippen molar-refractivity contribution in [3.05, 3.63) is 65.1 Å². The van der Waals surface area contributed by atoms with E-state index in [1.165, 1.54) is 20.2 Å². The van der Waals surface area contributed by atoms with Gasteiger partial charge in [0.15, 0.2) is 0 Å². The van der Waals surface area contributed by atoms with Crippen LogP contribution >= 0.6 is 27.3 Å². The van der Waals surface area contributed by atoms with Gasteiger partial charge >= 0.3 is 0 Å². The van der Waals surface area contributed by atoms with Crippen LogP contribution in [0, 0.1) is 0 Å². The van der Waals surface area contributed by atoms with E-state index in [1.54, 1.807) is 11.3 Å². The largest absolute Gasteiger partial charge is 0.309 e. The Hall–Kier alpha value is -2.36. The van der Waals surface area contributed by atoms with E-state index in [1.807, 2.05) is 12.1 Å². The van der Waals surface area contributed by atoms with Gasteiger partial charge < -0.3 is 4.57 Å². The Labute approximate surface area is 197 Å². The quantitative estimate of drug-likeness (QED) is 0.328. The van der Waals surface area contributed by atoms with Gasteiger partial charge in [-0.2, -0.15) is 0 Å². The fourth-order valence-electron chi connectivity index (χ4n) is 4.49. The van der Waals surface area contributed by atoms with Crippen LogP contribution in [0.5, 0.6) is 0 Å². The molecule has 2 heterocycles. The van der Waals surface area contributed by atoms with Crippen LogP contribution < -0.4 is 21.9 Å². The van der Waals surface area contributed by atoms with Crippen LogP contribution in [0.15, 0.2) is 65.1 Å². The first-order chi connectivity index (χ1) is 15.0. The van der Waals surface area contributed by atoms with Gasteiger partial charge in [-0.1, -0.05) is 86.3 Å². The molecule has 0 spiro atoms. The second kappa shape index (κ2) is 6.82. The maximum absolute atomic E-state index is 6.54. The summed E-state index contributed by atoms with van der Waals surface area (Å²) in [5.41, 5.74) is 4.25. The maximum atomic E-state index is 6.54. The van der Waals surface area contributed by atoms with E-state index < -0.39 is 0 Å². The number of thiophene rings is 1. The van der Waals surface area contributed by atoms with Gasteiger partial charge in [0, 0.05) is 36.4 Å². The van der Waals surface area contributed by atoms with Crippen LogP contribution in [-0.2, 0) is 0 Å². The lowest BCUT2D eigenvalue weighted by molar-refractivity contribution is 1.22. The Bertz CT molecular complexity index is 1670. The number of halogens is 1. The Morgan fingerprint density at radius 2 is 1.26 bits per heavy atom. The summed E-state index contributed by atoms with van der Waals surface area (Å²) in [5.74, 6) is 0. The normalized spacial score (nSPS) is 11.9. The fraction of sp³-hybridized carbons (Fsp3) is 0. The molecule has 0 aliphatic heterocycles. The molecule has 1 nitrogen and oxygen atoms in total. The Balaban J connectivity index is 1.92. The molecule has 8 radical (unpaired) electrons. The van der Waals surface area contributed by atoms with Crippen molar-refractivity contribution in [2.75, 3.05) is 0 Å². The van der Waals surface area contributed by atoms with E-state index in [0.717, 1.165) is 21.8 Å². The zero-order valence-corrected chi connectivity index (χ0v) is 18.7. The van der Waals surface area contributed by atoms with Gasteiger partial charge in [0.25, 0.3) is 0 Å². The first kappa shape index (κ1) is 19.3. The van der Waals surface area contributed by atoms with Crippen LogP contribution in [-0.4, -0.2) is 36.0 Å². The SMILES string of the molecule is [B]c1c([B])c(-n2c3ccccc3c3ccc4c5ccccc5sc4c32)c([B])c([B])c1Br. The van der Waals surface area contributed by atoms with Crippen LogP contribution in [0.3, 0.4) is 0 Å². The standard InChI is InChI=1S/C24H10B4BrNS/c25-17-19(27)23(20(28)18(26)21(17)29)30-15-7-3-1-5-11(15)13-9-10-14-12-6-2-4-8-16(12)31-24(14)22(13)30/h1-10H. The molecule has 31 heavy (non-hydrogen) atoms. The molecule has 0 unspecified atom stereocenters. The maximum Gasteiger partial charge on any atom is 0.115 e. The van der Waals surface area contributed by atoms with Gasteiger partial charge in [-0.3, -0.25) is 0 Å². The second-order valence-electron chi connectivity index (χ2n) is 7.61. The number of hydrogen-bond donors (Lipinski definition) is 0. The zero-order valence-electron chi connectivity index (χ0n) is 16.3. The van der Waals surface area contributed by atoms with Crippen LogP contribution in [0.2, 0.25) is 0 Å². The number of hydrogen-bond acceptors (Lipinski definition) is 1. The van der Waals surface area contributed by atoms with Gasteiger partial charge in [-0.25, -0.2) is 0 Å². The second-order valence-corrected chi connectivity index (χ2v) is 9.45. The molecule has 0 saturated heterocycles. The summed E-state index contributed by atoms with van der Waals surface area (Å²) in [4.78, 5) is 0. The van der Waals surface area contributed by atoms with Gasteiger partial charge in [0.1, 0.15) is 31.4 Å².